The average Bonchev–Trinajstić information content (AvgIpc) is 3.03. The van der Waals surface area contributed by atoms with Crippen molar-refractivity contribution in [2.75, 3.05) is 26.7 Å². The molecule has 1 unspecified atom stereocenters. The smallest absolute Gasteiger partial charge is 0.407 e. The summed E-state index contributed by atoms with van der Waals surface area (Å²) in [7, 11) is 1.69. The second-order valence-electron chi connectivity index (χ2n) is 9.97. The molecule has 2 aromatic carbocycles. The van der Waals surface area contributed by atoms with Crippen LogP contribution in [0.25, 0.3) is 11.1 Å². The first-order chi connectivity index (χ1) is 14.9. The van der Waals surface area contributed by atoms with Gasteiger partial charge in [-0.15, -0.1) is 0 Å². The second kappa shape index (κ2) is 7.86. The molecule has 0 spiro atoms. The van der Waals surface area contributed by atoms with Crippen LogP contribution in [0.2, 0.25) is 0 Å². The fourth-order valence-electron chi connectivity index (χ4n) is 5.64. The molecule has 0 radical (unpaired) electrons. The molecule has 2 aromatic rings. The molecule has 1 N–H and O–H groups in total. The van der Waals surface area contributed by atoms with Crippen molar-refractivity contribution < 1.29 is 14.3 Å². The maximum Gasteiger partial charge on any atom is 0.407 e. The van der Waals surface area contributed by atoms with Crippen LogP contribution >= 0.6 is 0 Å². The van der Waals surface area contributed by atoms with E-state index < -0.39 is 0 Å². The number of piperidine rings is 3. The molecule has 2 bridgehead atoms. The third-order valence-electron chi connectivity index (χ3n) is 7.40. The zero-order valence-corrected chi connectivity index (χ0v) is 18.7. The summed E-state index contributed by atoms with van der Waals surface area (Å²) in [5.74, 6) is 1.37. The Morgan fingerprint density at radius 1 is 1.10 bits per heavy atom. The lowest BCUT2D eigenvalue weighted by atomic mass is 9.85. The van der Waals surface area contributed by atoms with Crippen molar-refractivity contribution >= 4 is 6.09 Å². The number of amides is 1. The van der Waals surface area contributed by atoms with Crippen molar-refractivity contribution in [3.63, 3.8) is 0 Å². The van der Waals surface area contributed by atoms with Crippen LogP contribution in [-0.4, -0.2) is 43.8 Å². The molecule has 0 aromatic heterocycles. The second-order valence-corrected chi connectivity index (χ2v) is 9.97. The number of carbonyl (C=O) groups is 1. The van der Waals surface area contributed by atoms with Gasteiger partial charge in [-0.05, 0) is 78.1 Å². The number of alkyl carbamates (subject to hydrolysis) is 1. The number of ether oxygens (including phenoxy) is 2. The lowest BCUT2D eigenvalue weighted by molar-refractivity contribution is -0.0348. The summed E-state index contributed by atoms with van der Waals surface area (Å²) in [4.78, 5) is 15.2. The van der Waals surface area contributed by atoms with Gasteiger partial charge < -0.3 is 14.8 Å². The molecule has 6 rings (SSSR count). The highest BCUT2D eigenvalue weighted by Gasteiger charge is 2.42. The third-order valence-corrected chi connectivity index (χ3v) is 7.40. The van der Waals surface area contributed by atoms with Crippen molar-refractivity contribution in [3.05, 3.63) is 53.6 Å². The number of hydrogen-bond acceptors (Lipinski definition) is 4. The monoisotopic (exact) mass is 420 g/mol. The van der Waals surface area contributed by atoms with Crippen molar-refractivity contribution in [3.8, 4) is 16.9 Å². The van der Waals surface area contributed by atoms with Gasteiger partial charge in [0.1, 0.15) is 11.9 Å². The first-order valence-corrected chi connectivity index (χ1v) is 11.4. The van der Waals surface area contributed by atoms with Crippen LogP contribution in [0.1, 0.15) is 43.9 Å². The molecule has 3 fully saturated rings. The van der Waals surface area contributed by atoms with E-state index in [1.807, 2.05) is 12.1 Å². The molecule has 2 atom stereocenters. The van der Waals surface area contributed by atoms with Crippen molar-refractivity contribution in [1.82, 2.24) is 10.2 Å². The fraction of sp³-hybridized carbons (Fsp3) is 0.500. The first-order valence-electron chi connectivity index (χ1n) is 11.4. The molecule has 3 heterocycles. The van der Waals surface area contributed by atoms with Crippen LogP contribution < -0.4 is 10.1 Å². The van der Waals surface area contributed by atoms with E-state index in [1.165, 1.54) is 16.7 Å². The van der Waals surface area contributed by atoms with E-state index in [0.29, 0.717) is 5.92 Å². The van der Waals surface area contributed by atoms with Crippen LogP contribution in [0.5, 0.6) is 5.75 Å². The number of rotatable bonds is 4. The summed E-state index contributed by atoms with van der Waals surface area (Å²) >= 11 is 0. The Kier molecular flexibility index (Phi) is 5.17. The van der Waals surface area contributed by atoms with Crippen LogP contribution in [0, 0.1) is 11.3 Å². The Morgan fingerprint density at radius 2 is 1.87 bits per heavy atom. The van der Waals surface area contributed by atoms with Gasteiger partial charge in [-0.1, -0.05) is 44.2 Å². The maximum absolute atomic E-state index is 12.8. The maximum atomic E-state index is 12.8. The summed E-state index contributed by atoms with van der Waals surface area (Å²) in [6.07, 6.45) is 2.96. The number of nitrogens with one attached hydrogen (secondary N) is 1. The van der Waals surface area contributed by atoms with E-state index in [0.717, 1.165) is 50.2 Å². The van der Waals surface area contributed by atoms with Gasteiger partial charge in [0, 0.05) is 6.54 Å². The number of nitrogens with zero attached hydrogens (tertiary/aromatic N) is 1. The Hall–Kier alpha value is -2.53. The zero-order chi connectivity index (χ0) is 21.6. The minimum atomic E-state index is -0.276. The molecule has 164 valence electrons. The summed E-state index contributed by atoms with van der Waals surface area (Å²) in [5.41, 5.74) is 4.73. The van der Waals surface area contributed by atoms with E-state index in [9.17, 15) is 4.79 Å². The van der Waals surface area contributed by atoms with E-state index >= 15 is 0 Å². The summed E-state index contributed by atoms with van der Waals surface area (Å²) < 4.78 is 11.3. The number of carbonyl (C=O) groups excluding carboxylic acids is 1. The minimum Gasteiger partial charge on any atom is -0.497 e. The molecule has 1 amide bonds. The molecule has 5 heteroatoms. The number of benzene rings is 2. The van der Waals surface area contributed by atoms with Crippen LogP contribution in [-0.2, 0) is 11.2 Å². The predicted octanol–water partition coefficient (Wildman–Crippen LogP) is 4.81. The SMILES string of the molecule is COc1cccc(-c2ccc3c(c2)CC(C)(C)C3NC(=O)O[C@@H]2CN3CCC2CC3)c1. The normalized spacial score (nSPS) is 28.1. The van der Waals surface area contributed by atoms with E-state index in [2.05, 4.69) is 54.4 Å². The number of methoxy groups -OCH3 is 1. The largest absolute Gasteiger partial charge is 0.497 e. The highest BCUT2D eigenvalue weighted by atomic mass is 16.6. The molecular formula is C26H32N2O3. The highest BCUT2D eigenvalue weighted by Crippen LogP contribution is 2.46. The predicted molar refractivity (Wildman–Crippen MR) is 121 cm³/mol. The number of fused-ring (bicyclic) bond motifs is 4. The van der Waals surface area contributed by atoms with Gasteiger partial charge in [-0.3, -0.25) is 4.90 Å². The van der Waals surface area contributed by atoms with Gasteiger partial charge in [-0.25, -0.2) is 4.79 Å². The molecule has 0 saturated carbocycles. The standard InChI is InChI=1S/C26H32N2O3/c1-26(2)15-20-13-19(18-5-4-6-21(14-18)30-3)7-8-22(20)24(26)27-25(29)31-23-16-28-11-9-17(23)10-12-28/h4-8,13-14,17,23-24H,9-12,15-16H2,1-3H3,(H,27,29)/t23-,24?/m1/s1. The quantitative estimate of drug-likeness (QED) is 0.772. The Labute approximate surface area is 184 Å². The fourth-order valence-corrected chi connectivity index (χ4v) is 5.64. The van der Waals surface area contributed by atoms with Gasteiger partial charge in [0.25, 0.3) is 0 Å². The molecule has 31 heavy (non-hydrogen) atoms. The van der Waals surface area contributed by atoms with Gasteiger partial charge >= 0.3 is 6.09 Å². The van der Waals surface area contributed by atoms with Crippen molar-refractivity contribution in [2.45, 2.75) is 45.3 Å². The Balaban J connectivity index is 1.33. The molecule has 3 saturated heterocycles. The van der Waals surface area contributed by atoms with Gasteiger partial charge in [-0.2, -0.15) is 0 Å². The number of hydrogen-bond donors (Lipinski definition) is 1. The average molecular weight is 421 g/mol. The summed E-state index contributed by atoms with van der Waals surface area (Å²) in [5, 5.41) is 3.21. The lowest BCUT2D eigenvalue weighted by Gasteiger charge is -2.44. The van der Waals surface area contributed by atoms with Crippen molar-refractivity contribution in [2.24, 2.45) is 11.3 Å². The van der Waals surface area contributed by atoms with Gasteiger partial charge in [0.2, 0.25) is 0 Å². The van der Waals surface area contributed by atoms with Gasteiger partial charge in [0.05, 0.1) is 13.2 Å². The van der Waals surface area contributed by atoms with E-state index in [1.54, 1.807) is 7.11 Å². The Bertz CT molecular complexity index is 978. The zero-order valence-electron chi connectivity index (χ0n) is 18.7. The van der Waals surface area contributed by atoms with Crippen LogP contribution in [0.15, 0.2) is 42.5 Å². The van der Waals surface area contributed by atoms with Crippen molar-refractivity contribution in [1.29, 1.82) is 0 Å². The van der Waals surface area contributed by atoms with E-state index in [4.69, 9.17) is 9.47 Å². The Morgan fingerprint density at radius 3 is 2.58 bits per heavy atom. The third kappa shape index (κ3) is 3.91. The molecule has 3 aliphatic heterocycles. The molecule has 1 aliphatic carbocycles. The molecule has 5 nitrogen and oxygen atoms in total. The molecular weight excluding hydrogens is 388 g/mol. The minimum absolute atomic E-state index is 0.0296. The topological polar surface area (TPSA) is 50.8 Å². The first kappa shape index (κ1) is 20.4. The van der Waals surface area contributed by atoms with Crippen LogP contribution in [0.3, 0.4) is 0 Å². The lowest BCUT2D eigenvalue weighted by Crippen LogP contribution is -2.53. The highest BCUT2D eigenvalue weighted by molar-refractivity contribution is 5.70. The summed E-state index contributed by atoms with van der Waals surface area (Å²) in [6, 6.07) is 14.7. The van der Waals surface area contributed by atoms with Gasteiger partial charge in [0.15, 0.2) is 0 Å². The molecule has 4 aliphatic rings. The van der Waals surface area contributed by atoms with E-state index in [-0.39, 0.29) is 23.7 Å². The van der Waals surface area contributed by atoms with Crippen LogP contribution in [0.4, 0.5) is 4.79 Å². The summed E-state index contributed by atoms with van der Waals surface area (Å²) in [6.45, 7) is 7.61.